The van der Waals surface area contributed by atoms with Gasteiger partial charge in [0.2, 0.25) is 17.7 Å². The second-order valence-corrected chi connectivity index (χ2v) is 5.39. The van der Waals surface area contributed by atoms with Gasteiger partial charge in [0.25, 0.3) is 0 Å². The van der Waals surface area contributed by atoms with Crippen LogP contribution in [0.4, 0.5) is 10.1 Å². The van der Waals surface area contributed by atoms with Crippen molar-refractivity contribution in [2.24, 2.45) is 0 Å². The van der Waals surface area contributed by atoms with Gasteiger partial charge in [0.15, 0.2) is 0 Å². The Morgan fingerprint density at radius 2 is 1.96 bits per heavy atom. The summed E-state index contributed by atoms with van der Waals surface area (Å²) in [5, 5.41) is 10.6. The van der Waals surface area contributed by atoms with Crippen molar-refractivity contribution in [3.8, 4) is 0 Å². The van der Waals surface area contributed by atoms with Gasteiger partial charge in [-0.2, -0.15) is 0 Å². The number of benzene rings is 2. The minimum Gasteiger partial charge on any atom is -0.425 e. The van der Waals surface area contributed by atoms with E-state index in [4.69, 9.17) is 4.42 Å². The molecule has 122 valence electrons. The molecule has 1 aromatic heterocycles. The topological polar surface area (TPSA) is 68.0 Å². The Balaban J connectivity index is 1.80. The number of halogens is 1. The minimum atomic E-state index is -0.403. The van der Waals surface area contributed by atoms with E-state index in [1.807, 2.05) is 30.3 Å². The maximum absolute atomic E-state index is 13.2. The fourth-order valence-corrected chi connectivity index (χ4v) is 2.45. The molecule has 0 saturated carbocycles. The van der Waals surface area contributed by atoms with E-state index in [-0.39, 0.29) is 18.2 Å². The number of anilines is 1. The summed E-state index contributed by atoms with van der Waals surface area (Å²) in [4.78, 5) is 12.4. The van der Waals surface area contributed by atoms with Gasteiger partial charge in [0, 0.05) is 19.0 Å². The third-order valence-corrected chi connectivity index (χ3v) is 3.54. The molecule has 1 unspecified atom stereocenters. The number of aromatic nitrogens is 2. The molecular formula is C18H16FN3O2. The number of hydrogen-bond acceptors (Lipinski definition) is 4. The summed E-state index contributed by atoms with van der Waals surface area (Å²) < 4.78 is 18.7. The normalized spacial score (nSPS) is 11.9. The van der Waals surface area contributed by atoms with Crippen LogP contribution in [-0.4, -0.2) is 16.1 Å². The summed E-state index contributed by atoms with van der Waals surface area (Å²) in [6.07, 6.45) is 0.113. The van der Waals surface area contributed by atoms with Gasteiger partial charge in [-0.05, 0) is 23.8 Å². The van der Waals surface area contributed by atoms with Gasteiger partial charge in [0.1, 0.15) is 5.82 Å². The summed E-state index contributed by atoms with van der Waals surface area (Å²) in [7, 11) is 0. The Bertz CT molecular complexity index is 833. The summed E-state index contributed by atoms with van der Waals surface area (Å²) >= 11 is 0. The van der Waals surface area contributed by atoms with Crippen molar-refractivity contribution < 1.29 is 13.6 Å². The monoisotopic (exact) mass is 325 g/mol. The van der Waals surface area contributed by atoms with Gasteiger partial charge in [-0.25, -0.2) is 4.39 Å². The van der Waals surface area contributed by atoms with Gasteiger partial charge in [-0.1, -0.05) is 36.4 Å². The molecule has 2 aromatic carbocycles. The molecule has 5 nitrogen and oxygen atoms in total. The molecule has 0 saturated heterocycles. The summed E-state index contributed by atoms with van der Waals surface area (Å²) in [5.74, 6) is -0.198. The lowest BCUT2D eigenvalue weighted by molar-refractivity contribution is -0.116. The van der Waals surface area contributed by atoms with E-state index >= 15 is 0 Å². The first kappa shape index (κ1) is 15.9. The van der Waals surface area contributed by atoms with Crippen LogP contribution in [0.5, 0.6) is 0 Å². The van der Waals surface area contributed by atoms with Crippen LogP contribution in [0.25, 0.3) is 0 Å². The second-order valence-electron chi connectivity index (χ2n) is 5.39. The molecular weight excluding hydrogens is 309 g/mol. The van der Waals surface area contributed by atoms with Crippen LogP contribution in [-0.2, 0) is 4.79 Å². The second kappa shape index (κ2) is 7.04. The summed E-state index contributed by atoms with van der Waals surface area (Å²) in [5.41, 5.74) is 1.31. The fraction of sp³-hybridized carbons (Fsp3) is 0.167. The highest BCUT2D eigenvalue weighted by atomic mass is 19.1. The molecule has 1 atom stereocenters. The number of aryl methyl sites for hydroxylation is 1. The van der Waals surface area contributed by atoms with Crippen molar-refractivity contribution >= 4 is 11.6 Å². The number of carbonyl (C=O) groups excluding carboxylic acids is 1. The van der Waals surface area contributed by atoms with E-state index in [1.54, 1.807) is 19.1 Å². The van der Waals surface area contributed by atoms with Crippen LogP contribution < -0.4 is 5.32 Å². The molecule has 1 amide bonds. The zero-order chi connectivity index (χ0) is 16.9. The molecule has 3 rings (SSSR count). The number of amides is 1. The smallest absolute Gasteiger partial charge is 0.225 e. The minimum absolute atomic E-state index is 0.113. The van der Waals surface area contributed by atoms with E-state index in [1.165, 1.54) is 12.1 Å². The molecule has 0 fully saturated rings. The molecule has 3 aromatic rings. The third kappa shape index (κ3) is 3.84. The number of nitrogens with one attached hydrogen (secondary N) is 1. The van der Waals surface area contributed by atoms with Crippen LogP contribution in [0.2, 0.25) is 0 Å². The lowest BCUT2D eigenvalue weighted by atomic mass is 9.95. The van der Waals surface area contributed by atoms with Gasteiger partial charge < -0.3 is 9.73 Å². The average molecular weight is 325 g/mol. The van der Waals surface area contributed by atoms with E-state index in [9.17, 15) is 9.18 Å². The molecule has 1 heterocycles. The van der Waals surface area contributed by atoms with Crippen molar-refractivity contribution in [3.05, 3.63) is 77.8 Å². The maximum atomic E-state index is 13.2. The largest absolute Gasteiger partial charge is 0.425 e. The van der Waals surface area contributed by atoms with Gasteiger partial charge in [-0.15, -0.1) is 10.2 Å². The Hall–Kier alpha value is -3.02. The first-order chi connectivity index (χ1) is 11.6. The molecule has 0 radical (unpaired) electrons. The lowest BCUT2D eigenvalue weighted by Gasteiger charge is -2.13. The maximum Gasteiger partial charge on any atom is 0.225 e. The van der Waals surface area contributed by atoms with E-state index in [0.29, 0.717) is 17.5 Å². The van der Waals surface area contributed by atoms with Gasteiger partial charge in [0.05, 0.1) is 5.92 Å². The standard InChI is InChI=1S/C18H16FN3O2/c1-12-21-22-18(24-12)16(13-6-3-2-4-7-13)11-17(23)20-15-9-5-8-14(19)10-15/h2-10,16H,11H2,1H3,(H,20,23). The molecule has 0 spiro atoms. The molecule has 24 heavy (non-hydrogen) atoms. The van der Waals surface area contributed by atoms with Crippen molar-refractivity contribution in [3.63, 3.8) is 0 Å². The number of hydrogen-bond donors (Lipinski definition) is 1. The van der Waals surface area contributed by atoms with E-state index < -0.39 is 5.82 Å². The van der Waals surface area contributed by atoms with Crippen LogP contribution in [0.1, 0.15) is 29.7 Å². The number of carbonyl (C=O) groups is 1. The van der Waals surface area contributed by atoms with Crippen LogP contribution in [0.3, 0.4) is 0 Å². The highest BCUT2D eigenvalue weighted by molar-refractivity contribution is 5.91. The molecule has 0 aliphatic heterocycles. The summed E-state index contributed by atoms with van der Waals surface area (Å²) in [6.45, 7) is 1.70. The van der Waals surface area contributed by atoms with E-state index in [2.05, 4.69) is 15.5 Å². The zero-order valence-electron chi connectivity index (χ0n) is 13.1. The lowest BCUT2D eigenvalue weighted by Crippen LogP contribution is -2.16. The van der Waals surface area contributed by atoms with Crippen molar-refractivity contribution in [2.75, 3.05) is 5.32 Å². The third-order valence-electron chi connectivity index (χ3n) is 3.54. The van der Waals surface area contributed by atoms with Gasteiger partial charge in [-0.3, -0.25) is 4.79 Å². The molecule has 0 bridgehead atoms. The Morgan fingerprint density at radius 3 is 2.62 bits per heavy atom. The van der Waals surface area contributed by atoms with Crippen molar-refractivity contribution in [1.29, 1.82) is 0 Å². The highest BCUT2D eigenvalue weighted by Crippen LogP contribution is 2.27. The molecule has 0 aliphatic carbocycles. The first-order valence-corrected chi connectivity index (χ1v) is 7.52. The van der Waals surface area contributed by atoms with Gasteiger partial charge >= 0.3 is 0 Å². The predicted octanol–water partition coefficient (Wildman–Crippen LogP) is 3.68. The SMILES string of the molecule is Cc1nnc(C(CC(=O)Nc2cccc(F)c2)c2ccccc2)o1. The Labute approximate surface area is 138 Å². The van der Waals surface area contributed by atoms with E-state index in [0.717, 1.165) is 5.56 Å². The highest BCUT2D eigenvalue weighted by Gasteiger charge is 2.23. The zero-order valence-corrected chi connectivity index (χ0v) is 13.1. The van der Waals surface area contributed by atoms with Crippen LogP contribution >= 0.6 is 0 Å². The summed E-state index contributed by atoms with van der Waals surface area (Å²) in [6, 6.07) is 15.2. The van der Waals surface area contributed by atoms with Crippen LogP contribution in [0, 0.1) is 12.7 Å². The Morgan fingerprint density at radius 1 is 1.17 bits per heavy atom. The molecule has 1 N–H and O–H groups in total. The quantitative estimate of drug-likeness (QED) is 0.777. The first-order valence-electron chi connectivity index (χ1n) is 7.52. The predicted molar refractivity (Wildman–Crippen MR) is 87.0 cm³/mol. The molecule has 6 heteroatoms. The number of rotatable bonds is 5. The Kier molecular flexibility index (Phi) is 4.65. The molecule has 0 aliphatic rings. The fourth-order valence-electron chi connectivity index (χ4n) is 2.45. The number of nitrogens with zero attached hydrogens (tertiary/aromatic N) is 2. The average Bonchev–Trinajstić information content (AvgIpc) is 3.00. The van der Waals surface area contributed by atoms with Crippen molar-refractivity contribution in [1.82, 2.24) is 10.2 Å². The van der Waals surface area contributed by atoms with Crippen molar-refractivity contribution in [2.45, 2.75) is 19.3 Å². The van der Waals surface area contributed by atoms with Crippen LogP contribution in [0.15, 0.2) is 59.0 Å².